The van der Waals surface area contributed by atoms with Gasteiger partial charge in [0.05, 0.1) is 18.5 Å². The van der Waals surface area contributed by atoms with E-state index in [4.69, 9.17) is 27.9 Å². The minimum atomic E-state index is -0.591. The van der Waals surface area contributed by atoms with Gasteiger partial charge in [-0.2, -0.15) is 0 Å². The van der Waals surface area contributed by atoms with Crippen LogP contribution in [0.2, 0.25) is 5.02 Å². The van der Waals surface area contributed by atoms with Crippen molar-refractivity contribution in [2.75, 3.05) is 17.3 Å². The average Bonchev–Trinajstić information content (AvgIpc) is 2.91. The summed E-state index contributed by atoms with van der Waals surface area (Å²) in [5.41, 5.74) is 0.880. The second kappa shape index (κ2) is 7.19. The number of amides is 2. The maximum atomic E-state index is 13.1. The standard InChI is InChI=1S/C21H14Cl2N2O3/c1-28-17-10-9-13(22)11-15(17)24-19-18(23)20(26)25(21(19)27)16-8-4-6-12-5-2-3-7-14(12)16/h2-11,24H,1H3. The van der Waals surface area contributed by atoms with Crippen molar-refractivity contribution in [1.29, 1.82) is 0 Å². The second-order valence-electron chi connectivity index (χ2n) is 6.10. The second-order valence-corrected chi connectivity index (χ2v) is 6.92. The molecule has 0 fully saturated rings. The lowest BCUT2D eigenvalue weighted by molar-refractivity contribution is -0.120. The van der Waals surface area contributed by atoms with Crippen LogP contribution in [0.4, 0.5) is 11.4 Å². The molecule has 0 saturated carbocycles. The number of halogens is 2. The Hall–Kier alpha value is -3.02. The molecule has 1 N–H and O–H groups in total. The van der Waals surface area contributed by atoms with Gasteiger partial charge >= 0.3 is 0 Å². The monoisotopic (exact) mass is 412 g/mol. The number of hydrogen-bond acceptors (Lipinski definition) is 4. The Bertz CT molecular complexity index is 1150. The highest BCUT2D eigenvalue weighted by Gasteiger charge is 2.39. The van der Waals surface area contributed by atoms with Crippen LogP contribution in [-0.4, -0.2) is 18.9 Å². The van der Waals surface area contributed by atoms with Gasteiger partial charge in [-0.1, -0.05) is 59.6 Å². The highest BCUT2D eigenvalue weighted by Crippen LogP contribution is 2.36. The van der Waals surface area contributed by atoms with Crippen molar-refractivity contribution in [2.24, 2.45) is 0 Å². The van der Waals surface area contributed by atoms with Gasteiger partial charge in [-0.25, -0.2) is 4.90 Å². The van der Waals surface area contributed by atoms with Crippen molar-refractivity contribution in [3.63, 3.8) is 0 Å². The van der Waals surface area contributed by atoms with Crippen LogP contribution in [0.3, 0.4) is 0 Å². The molecular weight excluding hydrogens is 399 g/mol. The van der Waals surface area contributed by atoms with Crippen molar-refractivity contribution in [3.05, 3.63) is 76.4 Å². The van der Waals surface area contributed by atoms with Gasteiger partial charge in [-0.05, 0) is 29.7 Å². The number of imide groups is 1. The van der Waals surface area contributed by atoms with E-state index in [0.717, 1.165) is 15.7 Å². The average molecular weight is 413 g/mol. The predicted molar refractivity (Wildman–Crippen MR) is 111 cm³/mol. The molecule has 1 aliphatic heterocycles. The Morgan fingerprint density at radius 3 is 2.46 bits per heavy atom. The molecule has 0 radical (unpaired) electrons. The molecule has 0 saturated heterocycles. The van der Waals surface area contributed by atoms with Crippen LogP contribution in [0.5, 0.6) is 5.75 Å². The van der Waals surface area contributed by atoms with Crippen molar-refractivity contribution >= 4 is 57.2 Å². The van der Waals surface area contributed by atoms with E-state index in [2.05, 4.69) is 5.32 Å². The maximum absolute atomic E-state index is 13.1. The molecule has 0 aromatic heterocycles. The first-order valence-corrected chi connectivity index (χ1v) is 9.13. The summed E-state index contributed by atoms with van der Waals surface area (Å²) in [7, 11) is 1.49. The number of nitrogens with zero attached hydrogens (tertiary/aromatic N) is 1. The van der Waals surface area contributed by atoms with Crippen molar-refractivity contribution in [3.8, 4) is 5.75 Å². The number of anilines is 2. The SMILES string of the molecule is COc1ccc(Cl)cc1NC1=C(Cl)C(=O)N(c2cccc3ccccc23)C1=O. The quantitative estimate of drug-likeness (QED) is 0.616. The fraction of sp³-hybridized carbons (Fsp3) is 0.0476. The zero-order valence-electron chi connectivity index (χ0n) is 14.7. The number of nitrogens with one attached hydrogen (secondary N) is 1. The molecule has 7 heteroatoms. The number of benzene rings is 3. The summed E-state index contributed by atoms with van der Waals surface area (Å²) >= 11 is 12.3. The predicted octanol–water partition coefficient (Wildman–Crippen LogP) is 4.94. The number of hydrogen-bond donors (Lipinski definition) is 1. The lowest BCUT2D eigenvalue weighted by Crippen LogP contribution is -2.32. The number of rotatable bonds is 4. The van der Waals surface area contributed by atoms with E-state index in [-0.39, 0.29) is 10.7 Å². The Labute approximate surface area is 171 Å². The fourth-order valence-corrected chi connectivity index (χ4v) is 3.53. The summed E-state index contributed by atoms with van der Waals surface area (Å²) < 4.78 is 5.28. The summed E-state index contributed by atoms with van der Waals surface area (Å²) in [6.07, 6.45) is 0. The minimum absolute atomic E-state index is 0.0276. The number of carbonyl (C=O) groups excluding carboxylic acids is 2. The lowest BCUT2D eigenvalue weighted by Gasteiger charge is -2.18. The fourth-order valence-electron chi connectivity index (χ4n) is 3.15. The van der Waals surface area contributed by atoms with Crippen molar-refractivity contribution in [1.82, 2.24) is 0 Å². The van der Waals surface area contributed by atoms with Gasteiger partial charge < -0.3 is 10.1 Å². The molecule has 0 bridgehead atoms. The van der Waals surface area contributed by atoms with Crippen molar-refractivity contribution < 1.29 is 14.3 Å². The molecule has 5 nitrogen and oxygen atoms in total. The Balaban J connectivity index is 1.75. The topological polar surface area (TPSA) is 58.6 Å². The molecule has 0 spiro atoms. The normalized spacial score (nSPS) is 14.2. The third kappa shape index (κ3) is 2.99. The smallest absolute Gasteiger partial charge is 0.283 e. The molecule has 3 aromatic carbocycles. The summed E-state index contributed by atoms with van der Waals surface area (Å²) in [5.74, 6) is -0.676. The van der Waals surface area contributed by atoms with Gasteiger partial charge in [0.2, 0.25) is 0 Å². The molecule has 1 heterocycles. The van der Waals surface area contributed by atoms with E-state index in [1.165, 1.54) is 7.11 Å². The maximum Gasteiger partial charge on any atom is 0.283 e. The third-order valence-electron chi connectivity index (χ3n) is 4.46. The lowest BCUT2D eigenvalue weighted by atomic mass is 10.1. The van der Waals surface area contributed by atoms with Gasteiger partial charge in [0.25, 0.3) is 11.8 Å². The molecule has 1 aliphatic rings. The van der Waals surface area contributed by atoms with Gasteiger partial charge in [-0.3, -0.25) is 9.59 Å². The van der Waals surface area contributed by atoms with Crippen LogP contribution in [0, 0.1) is 0 Å². The third-order valence-corrected chi connectivity index (χ3v) is 5.04. The van der Waals surface area contributed by atoms with Gasteiger partial charge in [-0.15, -0.1) is 0 Å². The molecule has 0 aliphatic carbocycles. The Morgan fingerprint density at radius 2 is 1.68 bits per heavy atom. The van der Waals surface area contributed by atoms with E-state index in [1.807, 2.05) is 30.3 Å². The zero-order chi connectivity index (χ0) is 19.8. The van der Waals surface area contributed by atoms with E-state index in [1.54, 1.807) is 30.3 Å². The zero-order valence-corrected chi connectivity index (χ0v) is 16.2. The largest absolute Gasteiger partial charge is 0.495 e. The molecule has 2 amide bonds. The van der Waals surface area contributed by atoms with Crippen LogP contribution in [-0.2, 0) is 9.59 Å². The molecular formula is C21H14Cl2N2O3. The first-order chi connectivity index (χ1) is 13.5. The first kappa shape index (κ1) is 18.3. The molecule has 0 atom stereocenters. The van der Waals surface area contributed by atoms with E-state index < -0.39 is 11.8 Å². The highest BCUT2D eigenvalue weighted by molar-refractivity contribution is 6.53. The summed E-state index contributed by atoms with van der Waals surface area (Å²) in [4.78, 5) is 27.0. The van der Waals surface area contributed by atoms with E-state index >= 15 is 0 Å². The van der Waals surface area contributed by atoms with E-state index in [9.17, 15) is 9.59 Å². The van der Waals surface area contributed by atoms with E-state index in [0.29, 0.717) is 22.1 Å². The Kier molecular flexibility index (Phi) is 4.71. The number of ether oxygens (including phenoxy) is 1. The van der Waals surface area contributed by atoms with Gasteiger partial charge in [0, 0.05) is 10.4 Å². The van der Waals surface area contributed by atoms with Crippen LogP contribution in [0.1, 0.15) is 0 Å². The molecule has 3 aromatic rings. The summed E-state index contributed by atoms with van der Waals surface area (Å²) in [5, 5.41) is 4.85. The number of fused-ring (bicyclic) bond motifs is 1. The van der Waals surface area contributed by atoms with Gasteiger partial charge in [0.1, 0.15) is 16.5 Å². The van der Waals surface area contributed by atoms with Crippen LogP contribution >= 0.6 is 23.2 Å². The Morgan fingerprint density at radius 1 is 0.929 bits per heavy atom. The van der Waals surface area contributed by atoms with Crippen LogP contribution in [0.25, 0.3) is 10.8 Å². The molecule has 28 heavy (non-hydrogen) atoms. The summed E-state index contributed by atoms with van der Waals surface area (Å²) in [6, 6.07) is 17.8. The summed E-state index contributed by atoms with van der Waals surface area (Å²) in [6.45, 7) is 0. The van der Waals surface area contributed by atoms with Crippen molar-refractivity contribution in [2.45, 2.75) is 0 Å². The molecule has 0 unspecified atom stereocenters. The van der Waals surface area contributed by atoms with Crippen LogP contribution < -0.4 is 15.0 Å². The van der Waals surface area contributed by atoms with Gasteiger partial charge in [0.15, 0.2) is 0 Å². The number of carbonyl (C=O) groups is 2. The molecule has 4 rings (SSSR count). The first-order valence-electron chi connectivity index (χ1n) is 8.38. The molecule has 140 valence electrons. The highest BCUT2D eigenvalue weighted by atomic mass is 35.5. The minimum Gasteiger partial charge on any atom is -0.495 e. The van der Waals surface area contributed by atoms with Crippen LogP contribution in [0.15, 0.2) is 71.4 Å². The number of methoxy groups -OCH3 is 1.